The number of nitrogens with one attached hydrogen (secondary N) is 1. The number of hydrogen-bond acceptors (Lipinski definition) is 4. The zero-order valence-corrected chi connectivity index (χ0v) is 12.5. The first-order valence-corrected chi connectivity index (χ1v) is 7.50. The fraction of sp³-hybridized carbons (Fsp3) is 0.333. The van der Waals surface area contributed by atoms with Crippen molar-refractivity contribution in [2.24, 2.45) is 5.73 Å². The summed E-state index contributed by atoms with van der Waals surface area (Å²) in [5.74, 6) is 0.311. The van der Waals surface area contributed by atoms with E-state index in [1.54, 1.807) is 0 Å². The van der Waals surface area contributed by atoms with Gasteiger partial charge in [-0.3, -0.25) is 4.79 Å². The van der Waals surface area contributed by atoms with Crippen molar-refractivity contribution in [1.29, 1.82) is 0 Å². The van der Waals surface area contributed by atoms with Gasteiger partial charge in [0.25, 0.3) is 0 Å². The highest BCUT2D eigenvalue weighted by Crippen LogP contribution is 2.21. The van der Waals surface area contributed by atoms with Gasteiger partial charge >= 0.3 is 0 Å². The summed E-state index contributed by atoms with van der Waals surface area (Å²) in [6.07, 6.45) is 0.323. The Morgan fingerprint density at radius 3 is 2.65 bits per heavy atom. The fourth-order valence-corrected chi connectivity index (χ4v) is 2.76. The maximum absolute atomic E-state index is 12.0. The molecule has 1 heterocycles. The number of rotatable bonds is 5. The number of benzene rings is 1. The van der Waals surface area contributed by atoms with E-state index in [0.717, 1.165) is 16.8 Å². The van der Waals surface area contributed by atoms with Crippen molar-refractivity contribution in [3.8, 4) is 0 Å². The van der Waals surface area contributed by atoms with Gasteiger partial charge in [-0.15, -0.1) is 11.3 Å². The average Bonchev–Trinajstić information content (AvgIpc) is 2.88. The minimum absolute atomic E-state index is 0.0597. The van der Waals surface area contributed by atoms with Gasteiger partial charge in [-0.25, -0.2) is 4.98 Å². The summed E-state index contributed by atoms with van der Waals surface area (Å²) in [5, 5.41) is 5.48. The number of aromatic nitrogens is 1. The number of carbonyl (C=O) groups is 1. The van der Waals surface area contributed by atoms with Crippen LogP contribution in [0.15, 0.2) is 29.6 Å². The maximum Gasteiger partial charge on any atom is 0.230 e. The second-order valence-electron chi connectivity index (χ2n) is 4.93. The molecule has 2 aromatic rings. The molecule has 20 heavy (non-hydrogen) atoms. The molecule has 0 aliphatic carbocycles. The summed E-state index contributed by atoms with van der Waals surface area (Å²) in [4.78, 5) is 16.4. The molecule has 0 radical (unpaired) electrons. The van der Waals surface area contributed by atoms with Crippen molar-refractivity contribution in [3.63, 3.8) is 0 Å². The monoisotopic (exact) mass is 289 g/mol. The number of hydrogen-bond donors (Lipinski definition) is 2. The minimum Gasteiger partial charge on any atom is -0.326 e. The van der Waals surface area contributed by atoms with E-state index >= 15 is 0 Å². The molecule has 1 amide bonds. The highest BCUT2D eigenvalue weighted by molar-refractivity contribution is 7.13. The molecule has 3 N–H and O–H groups in total. The van der Waals surface area contributed by atoms with Gasteiger partial charge in [-0.05, 0) is 17.0 Å². The lowest BCUT2D eigenvalue weighted by atomic mass is 10.0. The van der Waals surface area contributed by atoms with Gasteiger partial charge in [0.15, 0.2) is 5.13 Å². The summed E-state index contributed by atoms with van der Waals surface area (Å²) < 4.78 is 0. The molecule has 4 nitrogen and oxygen atoms in total. The van der Waals surface area contributed by atoms with Crippen LogP contribution in [0.2, 0.25) is 0 Å². The van der Waals surface area contributed by atoms with Gasteiger partial charge in [-0.1, -0.05) is 38.1 Å². The Bertz CT molecular complexity index is 592. The first-order chi connectivity index (χ1) is 9.60. The van der Waals surface area contributed by atoms with Crippen LogP contribution in [-0.4, -0.2) is 10.9 Å². The van der Waals surface area contributed by atoms with Crippen molar-refractivity contribution in [3.05, 3.63) is 46.5 Å². The summed E-state index contributed by atoms with van der Waals surface area (Å²) in [5.41, 5.74) is 8.65. The molecule has 1 aromatic carbocycles. The van der Waals surface area contributed by atoms with Gasteiger partial charge in [0, 0.05) is 11.9 Å². The van der Waals surface area contributed by atoms with Crippen LogP contribution >= 0.6 is 11.3 Å². The molecule has 1 aromatic heterocycles. The molecular weight excluding hydrogens is 270 g/mol. The Kier molecular flexibility index (Phi) is 4.87. The first kappa shape index (κ1) is 14.7. The van der Waals surface area contributed by atoms with Crippen LogP contribution in [0.3, 0.4) is 0 Å². The van der Waals surface area contributed by atoms with E-state index in [1.165, 1.54) is 11.3 Å². The highest BCUT2D eigenvalue weighted by atomic mass is 32.1. The molecule has 0 saturated heterocycles. The molecule has 0 aliphatic rings. The van der Waals surface area contributed by atoms with Crippen LogP contribution in [0.4, 0.5) is 5.13 Å². The first-order valence-electron chi connectivity index (χ1n) is 6.62. The van der Waals surface area contributed by atoms with Crippen LogP contribution in [0.25, 0.3) is 0 Å². The van der Waals surface area contributed by atoms with Crippen LogP contribution in [-0.2, 0) is 17.8 Å². The third-order valence-electron chi connectivity index (χ3n) is 3.05. The third kappa shape index (κ3) is 3.65. The second kappa shape index (κ2) is 6.63. The van der Waals surface area contributed by atoms with E-state index in [0.29, 0.717) is 24.0 Å². The standard InChI is InChI=1S/C15H19N3OS/c1-10(2)13-9-20-15(17-13)18-14(19)7-11-5-3-4-6-12(11)8-16/h3-6,9-10H,7-8,16H2,1-2H3,(H,17,18,19). The molecule has 2 rings (SSSR count). The molecule has 106 valence electrons. The fourth-order valence-electron chi connectivity index (χ4n) is 1.87. The van der Waals surface area contributed by atoms with Crippen molar-refractivity contribution in [2.75, 3.05) is 5.32 Å². The number of thiazole rings is 1. The lowest BCUT2D eigenvalue weighted by Crippen LogP contribution is -2.16. The van der Waals surface area contributed by atoms with Gasteiger partial charge in [0.05, 0.1) is 12.1 Å². The summed E-state index contributed by atoms with van der Waals surface area (Å²) in [7, 11) is 0. The number of amides is 1. The average molecular weight is 289 g/mol. The van der Waals surface area contributed by atoms with Gasteiger partial charge in [0.1, 0.15) is 0 Å². The Morgan fingerprint density at radius 1 is 1.35 bits per heavy atom. The lowest BCUT2D eigenvalue weighted by Gasteiger charge is -2.07. The van der Waals surface area contributed by atoms with Gasteiger partial charge in [0.2, 0.25) is 5.91 Å². The molecule has 0 bridgehead atoms. The quantitative estimate of drug-likeness (QED) is 0.889. The zero-order chi connectivity index (χ0) is 14.5. The SMILES string of the molecule is CC(C)c1csc(NC(=O)Cc2ccccc2CN)n1. The predicted molar refractivity (Wildman–Crippen MR) is 82.9 cm³/mol. The minimum atomic E-state index is -0.0597. The molecule has 0 fully saturated rings. The molecule has 0 atom stereocenters. The van der Waals surface area contributed by atoms with Crippen molar-refractivity contribution >= 4 is 22.4 Å². The summed E-state index contributed by atoms with van der Waals surface area (Å²) in [6.45, 7) is 4.61. The van der Waals surface area contributed by atoms with Crippen LogP contribution in [0.1, 0.15) is 36.6 Å². The highest BCUT2D eigenvalue weighted by Gasteiger charge is 2.10. The van der Waals surface area contributed by atoms with Gasteiger partial charge in [-0.2, -0.15) is 0 Å². The van der Waals surface area contributed by atoms with Gasteiger partial charge < -0.3 is 11.1 Å². The summed E-state index contributed by atoms with van der Waals surface area (Å²) >= 11 is 1.46. The Hall–Kier alpha value is -1.72. The number of nitrogens with two attached hydrogens (primary N) is 1. The number of nitrogens with zero attached hydrogens (tertiary/aromatic N) is 1. The van der Waals surface area contributed by atoms with Crippen LogP contribution in [0, 0.1) is 0 Å². The third-order valence-corrected chi connectivity index (χ3v) is 3.83. The number of anilines is 1. The van der Waals surface area contributed by atoms with Crippen molar-refractivity contribution in [1.82, 2.24) is 4.98 Å². The predicted octanol–water partition coefficient (Wildman–Crippen LogP) is 2.91. The Balaban J connectivity index is 2.01. The molecule has 0 aliphatic heterocycles. The number of carbonyl (C=O) groups excluding carboxylic acids is 1. The van der Waals surface area contributed by atoms with E-state index < -0.39 is 0 Å². The maximum atomic E-state index is 12.0. The van der Waals surface area contributed by atoms with Crippen LogP contribution in [0.5, 0.6) is 0 Å². The largest absolute Gasteiger partial charge is 0.326 e. The lowest BCUT2D eigenvalue weighted by molar-refractivity contribution is -0.115. The van der Waals surface area contributed by atoms with E-state index in [9.17, 15) is 4.79 Å². The zero-order valence-electron chi connectivity index (χ0n) is 11.7. The smallest absolute Gasteiger partial charge is 0.230 e. The summed E-state index contributed by atoms with van der Waals surface area (Å²) in [6, 6.07) is 7.73. The van der Waals surface area contributed by atoms with E-state index in [-0.39, 0.29) is 5.91 Å². The molecule has 5 heteroatoms. The van der Waals surface area contributed by atoms with Crippen molar-refractivity contribution in [2.45, 2.75) is 32.7 Å². The van der Waals surface area contributed by atoms with Crippen molar-refractivity contribution < 1.29 is 4.79 Å². The van der Waals surface area contributed by atoms with E-state index in [2.05, 4.69) is 24.1 Å². The molecule has 0 spiro atoms. The van der Waals surface area contributed by atoms with E-state index in [1.807, 2.05) is 29.6 Å². The van der Waals surface area contributed by atoms with E-state index in [4.69, 9.17) is 5.73 Å². The second-order valence-corrected chi connectivity index (χ2v) is 5.79. The normalized spacial score (nSPS) is 10.8. The molecule has 0 unspecified atom stereocenters. The molecule has 0 saturated carbocycles. The topological polar surface area (TPSA) is 68.0 Å². The van der Waals surface area contributed by atoms with Crippen LogP contribution < -0.4 is 11.1 Å². The Labute approximate surface area is 123 Å². The Morgan fingerprint density at radius 2 is 2.05 bits per heavy atom. The molecular formula is C15H19N3OS.